The molecule has 1 aromatic heterocycles. The molecule has 0 saturated carbocycles. The number of benzene rings is 1. The minimum Gasteiger partial charge on any atom is -0.239 e. The van der Waals surface area contributed by atoms with Crippen molar-refractivity contribution in [1.29, 1.82) is 0 Å². The van der Waals surface area contributed by atoms with Gasteiger partial charge in [0.05, 0.1) is 6.20 Å². The Labute approximate surface area is 81.8 Å². The average molecular weight is 186 g/mol. The van der Waals surface area contributed by atoms with Gasteiger partial charge in [0.25, 0.3) is 0 Å². The number of hydrogen-bond acceptors (Lipinski definition) is 2. The molecule has 0 amide bonds. The molecule has 2 aromatic rings. The zero-order chi connectivity index (χ0) is 8.93. The van der Waals surface area contributed by atoms with Gasteiger partial charge in [-0.25, -0.2) is 4.98 Å². The first-order valence-electron chi connectivity index (χ1n) is 4.01. The maximum atomic E-state index is 4.11. The fraction of sp³-hybridized carbons (Fsp3) is 0. The molecule has 1 aromatic carbocycles. The molecule has 0 atom stereocenters. The second-order valence-electron chi connectivity index (χ2n) is 2.52. The van der Waals surface area contributed by atoms with E-state index in [4.69, 9.17) is 0 Å². The van der Waals surface area contributed by atoms with Gasteiger partial charge in [-0.05, 0) is 24.3 Å². The van der Waals surface area contributed by atoms with Crippen LogP contribution in [-0.2, 0) is 0 Å². The maximum Gasteiger partial charge on any atom is 0.102 e. The van der Waals surface area contributed by atoms with Gasteiger partial charge in [0.15, 0.2) is 0 Å². The highest BCUT2D eigenvalue weighted by Crippen LogP contribution is 2.24. The molecule has 2 rings (SSSR count). The molecule has 0 aliphatic carbocycles. The summed E-state index contributed by atoms with van der Waals surface area (Å²) in [5.74, 6) is 0. The van der Waals surface area contributed by atoms with Gasteiger partial charge in [-0.15, -0.1) is 0 Å². The van der Waals surface area contributed by atoms with Gasteiger partial charge in [-0.2, -0.15) is 0 Å². The van der Waals surface area contributed by atoms with E-state index >= 15 is 0 Å². The average Bonchev–Trinajstić information content (AvgIpc) is 2.21. The van der Waals surface area contributed by atoms with Crippen molar-refractivity contribution in [3.63, 3.8) is 0 Å². The van der Waals surface area contributed by atoms with Gasteiger partial charge in [0.2, 0.25) is 0 Å². The van der Waals surface area contributed by atoms with Crippen molar-refractivity contribution >= 4 is 11.8 Å². The van der Waals surface area contributed by atoms with Crippen LogP contribution in [0.15, 0.2) is 58.5 Å². The van der Waals surface area contributed by atoms with Crippen LogP contribution in [0.4, 0.5) is 0 Å². The van der Waals surface area contributed by atoms with E-state index in [1.165, 1.54) is 4.90 Å². The van der Waals surface area contributed by atoms with Crippen LogP contribution < -0.4 is 0 Å². The molecule has 0 aliphatic rings. The fourth-order valence-corrected chi connectivity index (χ4v) is 1.76. The monoisotopic (exact) mass is 186 g/mol. The third-order valence-electron chi connectivity index (χ3n) is 1.55. The Bertz CT molecular complexity index is 321. The summed E-state index contributed by atoms with van der Waals surface area (Å²) < 4.78 is 0. The van der Waals surface area contributed by atoms with Crippen LogP contribution in [0.3, 0.4) is 0 Å². The van der Waals surface area contributed by atoms with Gasteiger partial charge >= 0.3 is 0 Å². The summed E-state index contributed by atoms with van der Waals surface area (Å²) in [6.45, 7) is 0. The van der Waals surface area contributed by atoms with Crippen molar-refractivity contribution in [2.24, 2.45) is 0 Å². The van der Waals surface area contributed by atoms with Crippen LogP contribution in [-0.4, -0.2) is 4.98 Å². The van der Waals surface area contributed by atoms with E-state index in [-0.39, 0.29) is 0 Å². The molecule has 1 radical (unpaired) electrons. The largest absolute Gasteiger partial charge is 0.239 e. The molecular formula is C11H8NS. The van der Waals surface area contributed by atoms with E-state index in [2.05, 4.69) is 23.3 Å². The summed E-state index contributed by atoms with van der Waals surface area (Å²) >= 11 is 1.65. The number of nitrogens with zero attached hydrogens (tertiary/aromatic N) is 1. The van der Waals surface area contributed by atoms with Crippen molar-refractivity contribution in [3.8, 4) is 0 Å². The van der Waals surface area contributed by atoms with Crippen LogP contribution in [0.25, 0.3) is 0 Å². The Morgan fingerprint density at radius 3 is 2.54 bits per heavy atom. The zero-order valence-corrected chi connectivity index (χ0v) is 7.79. The quantitative estimate of drug-likeness (QED) is 0.715. The standard InChI is InChI=1S/C11H8NS/c1-2-6-10(7-3-1)13-11-8-4-5-9-12-11/h1-8H. The Morgan fingerprint density at radius 2 is 1.85 bits per heavy atom. The van der Waals surface area contributed by atoms with Crippen molar-refractivity contribution in [2.75, 3.05) is 0 Å². The molecule has 0 aliphatic heterocycles. The molecule has 0 spiro atoms. The van der Waals surface area contributed by atoms with Gasteiger partial charge in [0.1, 0.15) is 5.03 Å². The third kappa shape index (κ3) is 2.33. The lowest BCUT2D eigenvalue weighted by Gasteiger charge is -1.98. The van der Waals surface area contributed by atoms with Crippen molar-refractivity contribution in [1.82, 2.24) is 4.98 Å². The summed E-state index contributed by atoms with van der Waals surface area (Å²) in [6, 6.07) is 15.9. The second-order valence-corrected chi connectivity index (χ2v) is 3.61. The number of aromatic nitrogens is 1. The van der Waals surface area contributed by atoms with Gasteiger partial charge in [-0.1, -0.05) is 36.0 Å². The van der Waals surface area contributed by atoms with Crippen LogP contribution in [0.1, 0.15) is 0 Å². The van der Waals surface area contributed by atoms with Crippen molar-refractivity contribution < 1.29 is 0 Å². The van der Waals surface area contributed by atoms with Crippen LogP contribution in [0.5, 0.6) is 0 Å². The molecule has 2 heteroatoms. The Hall–Kier alpha value is -1.28. The highest BCUT2D eigenvalue weighted by atomic mass is 32.2. The first-order chi connectivity index (χ1) is 6.45. The third-order valence-corrected chi connectivity index (χ3v) is 2.49. The number of pyridine rings is 1. The molecule has 0 N–H and O–H groups in total. The normalized spacial score (nSPS) is 9.85. The summed E-state index contributed by atoms with van der Waals surface area (Å²) in [4.78, 5) is 5.32. The maximum absolute atomic E-state index is 4.11. The molecule has 1 heterocycles. The molecule has 13 heavy (non-hydrogen) atoms. The summed E-state index contributed by atoms with van der Waals surface area (Å²) in [6.07, 6.45) is 2.81. The SMILES string of the molecule is [c]1cccc(Sc2ccccc2)n1. The first kappa shape index (κ1) is 8.32. The fourth-order valence-electron chi connectivity index (χ4n) is 0.978. The van der Waals surface area contributed by atoms with E-state index in [9.17, 15) is 0 Å². The van der Waals surface area contributed by atoms with E-state index in [0.29, 0.717) is 0 Å². The van der Waals surface area contributed by atoms with Crippen LogP contribution in [0, 0.1) is 6.20 Å². The highest BCUT2D eigenvalue weighted by molar-refractivity contribution is 7.99. The first-order valence-corrected chi connectivity index (χ1v) is 4.83. The topological polar surface area (TPSA) is 12.9 Å². The molecule has 1 nitrogen and oxygen atoms in total. The predicted molar refractivity (Wildman–Crippen MR) is 53.6 cm³/mol. The number of rotatable bonds is 2. The minimum atomic E-state index is 0.980. The van der Waals surface area contributed by atoms with Gasteiger partial charge in [0, 0.05) is 4.90 Å². The van der Waals surface area contributed by atoms with E-state index in [0.717, 1.165) is 5.03 Å². The molecule has 0 bridgehead atoms. The highest BCUT2D eigenvalue weighted by Gasteiger charge is 1.95. The summed E-state index contributed by atoms with van der Waals surface area (Å²) in [5.41, 5.74) is 0. The Balaban J connectivity index is 2.16. The Morgan fingerprint density at radius 1 is 1.00 bits per heavy atom. The van der Waals surface area contributed by atoms with Gasteiger partial charge < -0.3 is 0 Å². The summed E-state index contributed by atoms with van der Waals surface area (Å²) in [7, 11) is 0. The lowest BCUT2D eigenvalue weighted by Crippen LogP contribution is -1.76. The van der Waals surface area contributed by atoms with Crippen LogP contribution >= 0.6 is 11.8 Å². The predicted octanol–water partition coefficient (Wildman–Crippen LogP) is 3.03. The van der Waals surface area contributed by atoms with Gasteiger partial charge in [-0.3, -0.25) is 0 Å². The van der Waals surface area contributed by atoms with E-state index < -0.39 is 0 Å². The Kier molecular flexibility index (Phi) is 2.62. The minimum absolute atomic E-state index is 0.980. The smallest absolute Gasteiger partial charge is 0.102 e. The van der Waals surface area contributed by atoms with Crippen molar-refractivity contribution in [2.45, 2.75) is 9.92 Å². The second kappa shape index (κ2) is 4.10. The molecule has 0 saturated heterocycles. The lowest BCUT2D eigenvalue weighted by molar-refractivity contribution is 1.12. The van der Waals surface area contributed by atoms with Crippen LogP contribution in [0.2, 0.25) is 0 Å². The molecule has 0 unspecified atom stereocenters. The van der Waals surface area contributed by atoms with E-state index in [1.54, 1.807) is 17.8 Å². The summed E-state index contributed by atoms with van der Waals surface area (Å²) in [5, 5.41) is 0.980. The zero-order valence-electron chi connectivity index (χ0n) is 6.97. The van der Waals surface area contributed by atoms with E-state index in [1.807, 2.05) is 30.3 Å². The molecule has 63 valence electrons. The molecular weight excluding hydrogens is 178 g/mol. The van der Waals surface area contributed by atoms with Crippen molar-refractivity contribution in [3.05, 3.63) is 54.7 Å². The lowest BCUT2D eigenvalue weighted by atomic mass is 10.4. The molecule has 0 fully saturated rings. The number of hydrogen-bond donors (Lipinski definition) is 0.